The monoisotopic (exact) mass is 381 g/mol. The highest BCUT2D eigenvalue weighted by atomic mass is 16.5. The van der Waals surface area contributed by atoms with Crippen molar-refractivity contribution in [3.05, 3.63) is 70.8 Å². The van der Waals surface area contributed by atoms with Gasteiger partial charge in [-0.2, -0.15) is 0 Å². The van der Waals surface area contributed by atoms with Crippen LogP contribution in [-0.4, -0.2) is 33.9 Å². The predicted octanol–water partition coefficient (Wildman–Crippen LogP) is 3.35. The molecule has 0 bridgehead atoms. The van der Waals surface area contributed by atoms with Gasteiger partial charge in [0.1, 0.15) is 12.6 Å². The number of aliphatic carboxylic acids is 1. The molecule has 1 aliphatic heterocycles. The van der Waals surface area contributed by atoms with Crippen LogP contribution in [0.4, 0.5) is 0 Å². The van der Waals surface area contributed by atoms with E-state index in [-0.39, 0.29) is 18.9 Å². The summed E-state index contributed by atoms with van der Waals surface area (Å²) in [5, 5.41) is 9.36. The molecule has 1 aliphatic rings. The van der Waals surface area contributed by atoms with Crippen molar-refractivity contribution in [2.45, 2.75) is 45.4 Å². The molecule has 0 spiro atoms. The van der Waals surface area contributed by atoms with Gasteiger partial charge in [-0.3, -0.25) is 4.79 Å². The summed E-state index contributed by atoms with van der Waals surface area (Å²) < 4.78 is 5.39. The minimum absolute atomic E-state index is 0.174. The van der Waals surface area contributed by atoms with E-state index < -0.39 is 24.0 Å². The van der Waals surface area contributed by atoms with Crippen LogP contribution in [0, 0.1) is 0 Å². The third-order valence-electron chi connectivity index (χ3n) is 5.13. The smallest absolute Gasteiger partial charge is 0.338 e. The van der Waals surface area contributed by atoms with Gasteiger partial charge in [0, 0.05) is 6.42 Å². The summed E-state index contributed by atoms with van der Waals surface area (Å²) in [6, 6.07) is 13.3. The summed E-state index contributed by atoms with van der Waals surface area (Å²) in [6.07, 6.45) is 0.757. The average molecular weight is 381 g/mol. The van der Waals surface area contributed by atoms with Crippen LogP contribution in [0.15, 0.2) is 48.5 Å². The third-order valence-corrected chi connectivity index (χ3v) is 5.13. The Labute approximate surface area is 163 Å². The van der Waals surface area contributed by atoms with Crippen molar-refractivity contribution in [3.8, 4) is 0 Å². The van der Waals surface area contributed by atoms with Crippen LogP contribution in [-0.2, 0) is 27.4 Å². The number of carboxylic acids is 1. The molecule has 1 N–H and O–H groups in total. The number of carbonyl (C=O) groups is 3. The second-order valence-electron chi connectivity index (χ2n) is 6.97. The molecule has 0 saturated heterocycles. The molecule has 28 heavy (non-hydrogen) atoms. The molecule has 6 nitrogen and oxygen atoms in total. The van der Waals surface area contributed by atoms with Gasteiger partial charge in [-0.05, 0) is 49.1 Å². The molecule has 0 saturated carbocycles. The Morgan fingerprint density at radius 2 is 1.89 bits per heavy atom. The van der Waals surface area contributed by atoms with Crippen molar-refractivity contribution < 1.29 is 24.2 Å². The maximum atomic E-state index is 12.5. The van der Waals surface area contributed by atoms with E-state index in [1.807, 2.05) is 36.4 Å². The first-order valence-electron chi connectivity index (χ1n) is 9.26. The Bertz CT molecular complexity index is 893. The summed E-state index contributed by atoms with van der Waals surface area (Å²) in [4.78, 5) is 37.8. The van der Waals surface area contributed by atoms with Gasteiger partial charge in [0.2, 0.25) is 5.91 Å². The van der Waals surface area contributed by atoms with Gasteiger partial charge in [-0.1, -0.05) is 36.4 Å². The average Bonchev–Trinajstić information content (AvgIpc) is 2.82. The van der Waals surface area contributed by atoms with Crippen LogP contribution in [0.5, 0.6) is 0 Å². The van der Waals surface area contributed by atoms with Gasteiger partial charge in [0.15, 0.2) is 0 Å². The zero-order valence-electron chi connectivity index (χ0n) is 15.9. The highest BCUT2D eigenvalue weighted by Crippen LogP contribution is 2.32. The first-order valence-corrected chi connectivity index (χ1v) is 9.26. The second-order valence-corrected chi connectivity index (χ2v) is 6.97. The zero-order valence-corrected chi connectivity index (χ0v) is 15.9. The van der Waals surface area contributed by atoms with Gasteiger partial charge >= 0.3 is 11.9 Å². The number of amides is 1. The second kappa shape index (κ2) is 8.25. The van der Waals surface area contributed by atoms with Crippen molar-refractivity contribution in [1.29, 1.82) is 0 Å². The molecule has 2 atom stereocenters. The number of ether oxygens (including phenoxy) is 1. The maximum absolute atomic E-state index is 12.5. The highest BCUT2D eigenvalue weighted by molar-refractivity contribution is 5.90. The molecule has 2 aromatic carbocycles. The summed E-state index contributed by atoms with van der Waals surface area (Å²) in [6.45, 7) is 3.47. The zero-order chi connectivity index (χ0) is 20.3. The molecule has 2 unspecified atom stereocenters. The first-order chi connectivity index (χ1) is 13.4. The Morgan fingerprint density at radius 3 is 2.57 bits per heavy atom. The molecule has 6 heteroatoms. The van der Waals surface area contributed by atoms with Gasteiger partial charge in [-0.15, -0.1) is 0 Å². The number of rotatable bonds is 5. The number of esters is 1. The highest BCUT2D eigenvalue weighted by Gasteiger charge is 2.34. The normalized spacial score (nSPS) is 17.4. The number of hydrogen-bond donors (Lipinski definition) is 1. The van der Waals surface area contributed by atoms with Crippen LogP contribution in [0.2, 0.25) is 0 Å². The molecule has 2 aromatic rings. The molecule has 0 aromatic heterocycles. The largest absolute Gasteiger partial charge is 0.480 e. The molecule has 0 aliphatic carbocycles. The fourth-order valence-corrected chi connectivity index (χ4v) is 3.55. The quantitative estimate of drug-likeness (QED) is 0.803. The standard InChI is InChI=1S/C22H23NO5/c1-14-19-12-18(22(27)28-13-16-6-4-3-5-7-16)9-8-17(19)10-11-20(24)23(14)15(2)21(25)26/h3-9,12,14-15H,10-11,13H2,1-2H3,(H,25,26). The number of fused-ring (bicyclic) bond motifs is 1. The van der Waals surface area contributed by atoms with Crippen LogP contribution in [0.25, 0.3) is 0 Å². The van der Waals surface area contributed by atoms with Crippen LogP contribution < -0.4 is 0 Å². The predicted molar refractivity (Wildman–Crippen MR) is 103 cm³/mol. The summed E-state index contributed by atoms with van der Waals surface area (Å²) in [7, 11) is 0. The SMILES string of the molecule is CC(C(=O)O)N1C(=O)CCc2ccc(C(=O)OCc3ccccc3)cc2C1C. The topological polar surface area (TPSA) is 83.9 Å². The van der Waals surface area contributed by atoms with Gasteiger partial charge in [0.05, 0.1) is 11.6 Å². The van der Waals surface area contributed by atoms with E-state index in [4.69, 9.17) is 4.74 Å². The van der Waals surface area contributed by atoms with Crippen molar-refractivity contribution in [2.24, 2.45) is 0 Å². The Kier molecular flexibility index (Phi) is 5.78. The summed E-state index contributed by atoms with van der Waals surface area (Å²) in [5.74, 6) is -1.71. The molecule has 0 fully saturated rings. The number of aryl methyl sites for hydroxylation is 1. The fourth-order valence-electron chi connectivity index (χ4n) is 3.55. The maximum Gasteiger partial charge on any atom is 0.338 e. The third kappa shape index (κ3) is 4.06. The van der Waals surface area contributed by atoms with Crippen molar-refractivity contribution in [2.75, 3.05) is 0 Å². The van der Waals surface area contributed by atoms with Crippen molar-refractivity contribution in [3.63, 3.8) is 0 Å². The molecular formula is C22H23NO5. The summed E-state index contributed by atoms with van der Waals surface area (Å²) in [5.41, 5.74) is 3.01. The van der Waals surface area contributed by atoms with E-state index in [0.29, 0.717) is 12.0 Å². The Hall–Kier alpha value is -3.15. The lowest BCUT2D eigenvalue weighted by atomic mass is 9.96. The first kappa shape index (κ1) is 19.6. The minimum Gasteiger partial charge on any atom is -0.480 e. The van der Waals surface area contributed by atoms with Crippen LogP contribution in [0.3, 0.4) is 0 Å². The molecule has 3 rings (SSSR count). The van der Waals surface area contributed by atoms with E-state index >= 15 is 0 Å². The number of hydrogen-bond acceptors (Lipinski definition) is 4. The minimum atomic E-state index is -1.05. The van der Waals surface area contributed by atoms with E-state index in [2.05, 4.69) is 0 Å². The van der Waals surface area contributed by atoms with Crippen LogP contribution in [0.1, 0.15) is 53.4 Å². The fraction of sp³-hybridized carbons (Fsp3) is 0.318. The number of nitrogens with zero attached hydrogens (tertiary/aromatic N) is 1. The lowest BCUT2D eigenvalue weighted by Crippen LogP contribution is -2.44. The van der Waals surface area contributed by atoms with Gasteiger partial charge in [0.25, 0.3) is 0 Å². The number of benzene rings is 2. The molecule has 1 amide bonds. The lowest BCUT2D eigenvalue weighted by molar-refractivity contribution is -0.151. The molecule has 1 heterocycles. The lowest BCUT2D eigenvalue weighted by Gasteiger charge is -2.31. The van der Waals surface area contributed by atoms with Crippen molar-refractivity contribution >= 4 is 17.8 Å². The number of carbonyl (C=O) groups excluding carboxylic acids is 2. The molecule has 0 radical (unpaired) electrons. The van der Waals surface area contributed by atoms with Crippen molar-refractivity contribution in [1.82, 2.24) is 4.90 Å². The van der Waals surface area contributed by atoms with Gasteiger partial charge < -0.3 is 14.7 Å². The van der Waals surface area contributed by atoms with E-state index in [1.165, 1.54) is 11.8 Å². The van der Waals surface area contributed by atoms with E-state index in [9.17, 15) is 19.5 Å². The number of carboxylic acid groups (broad SMARTS) is 1. The van der Waals surface area contributed by atoms with E-state index in [1.54, 1.807) is 19.1 Å². The van der Waals surface area contributed by atoms with E-state index in [0.717, 1.165) is 16.7 Å². The van der Waals surface area contributed by atoms with Crippen LogP contribution >= 0.6 is 0 Å². The van der Waals surface area contributed by atoms with Gasteiger partial charge in [-0.25, -0.2) is 9.59 Å². The molecular weight excluding hydrogens is 358 g/mol. The summed E-state index contributed by atoms with van der Waals surface area (Å²) >= 11 is 0. The Balaban J connectivity index is 1.83. The molecule has 146 valence electrons. The Morgan fingerprint density at radius 1 is 1.18 bits per heavy atom.